The fourth-order valence-corrected chi connectivity index (χ4v) is 2.35. The molecule has 1 aliphatic rings. The first-order chi connectivity index (χ1) is 8.69. The minimum absolute atomic E-state index is 0.240. The highest BCUT2D eigenvalue weighted by molar-refractivity contribution is 5.77. The number of methoxy groups -OCH3 is 1. The van der Waals surface area contributed by atoms with Crippen molar-refractivity contribution in [3.63, 3.8) is 0 Å². The maximum Gasteiger partial charge on any atom is 0.138 e. The van der Waals surface area contributed by atoms with E-state index in [-0.39, 0.29) is 11.9 Å². The van der Waals surface area contributed by atoms with Crippen molar-refractivity contribution >= 4 is 11.0 Å². The zero-order valence-electron chi connectivity index (χ0n) is 10.1. The monoisotopic (exact) mass is 250 g/mol. The summed E-state index contributed by atoms with van der Waals surface area (Å²) >= 11 is 0. The lowest BCUT2D eigenvalue weighted by molar-refractivity contribution is -0.0348. The maximum atomic E-state index is 13.1. The van der Waals surface area contributed by atoms with Gasteiger partial charge in [0.2, 0.25) is 0 Å². The van der Waals surface area contributed by atoms with Gasteiger partial charge in [-0.2, -0.15) is 0 Å². The standard InChI is InChI=1S/C14H15FO3/c1-17-14(8-2-3-8)13(16)12-7-9-6-10(15)4-5-11(9)18-12/h4-8,13-14,16H,2-3H2,1H3. The molecule has 1 saturated carbocycles. The van der Waals surface area contributed by atoms with Gasteiger partial charge in [-0.3, -0.25) is 0 Å². The molecule has 0 spiro atoms. The van der Waals surface area contributed by atoms with Crippen LogP contribution >= 0.6 is 0 Å². The molecule has 1 heterocycles. The summed E-state index contributed by atoms with van der Waals surface area (Å²) < 4.78 is 24.0. The molecule has 2 atom stereocenters. The molecule has 2 unspecified atom stereocenters. The normalized spacial score (nSPS) is 19.1. The van der Waals surface area contributed by atoms with E-state index in [0.29, 0.717) is 22.6 Å². The molecule has 3 nitrogen and oxygen atoms in total. The number of rotatable bonds is 4. The largest absolute Gasteiger partial charge is 0.458 e. The van der Waals surface area contributed by atoms with Crippen molar-refractivity contribution in [2.24, 2.45) is 5.92 Å². The van der Waals surface area contributed by atoms with E-state index in [9.17, 15) is 9.50 Å². The highest BCUT2D eigenvalue weighted by atomic mass is 19.1. The molecule has 1 aliphatic carbocycles. The first kappa shape index (κ1) is 11.7. The molecule has 18 heavy (non-hydrogen) atoms. The Bertz CT molecular complexity index is 559. The van der Waals surface area contributed by atoms with E-state index < -0.39 is 6.10 Å². The molecule has 96 valence electrons. The lowest BCUT2D eigenvalue weighted by Gasteiger charge is -2.19. The summed E-state index contributed by atoms with van der Waals surface area (Å²) in [5.74, 6) is 0.527. The van der Waals surface area contributed by atoms with Gasteiger partial charge in [-0.05, 0) is 43.0 Å². The first-order valence-corrected chi connectivity index (χ1v) is 6.09. The number of aliphatic hydroxyl groups excluding tert-OH is 1. The van der Waals surface area contributed by atoms with Crippen LogP contribution in [0.5, 0.6) is 0 Å². The number of halogens is 1. The number of benzene rings is 1. The van der Waals surface area contributed by atoms with Crippen molar-refractivity contribution in [2.45, 2.75) is 25.0 Å². The lowest BCUT2D eigenvalue weighted by Crippen LogP contribution is -2.22. The summed E-state index contributed by atoms with van der Waals surface area (Å²) in [5.41, 5.74) is 0.580. The van der Waals surface area contributed by atoms with E-state index in [2.05, 4.69) is 0 Å². The number of fused-ring (bicyclic) bond motifs is 1. The van der Waals surface area contributed by atoms with E-state index >= 15 is 0 Å². The lowest BCUT2D eigenvalue weighted by atomic mass is 10.1. The summed E-state index contributed by atoms with van der Waals surface area (Å²) in [4.78, 5) is 0. The van der Waals surface area contributed by atoms with Crippen molar-refractivity contribution in [1.82, 2.24) is 0 Å². The molecule has 1 aromatic heterocycles. The second-order valence-corrected chi connectivity index (χ2v) is 4.81. The van der Waals surface area contributed by atoms with E-state index in [1.807, 2.05) is 0 Å². The Hall–Kier alpha value is -1.39. The first-order valence-electron chi connectivity index (χ1n) is 6.09. The molecular weight excluding hydrogens is 235 g/mol. The van der Waals surface area contributed by atoms with Crippen molar-refractivity contribution < 1.29 is 18.7 Å². The summed E-state index contributed by atoms with van der Waals surface area (Å²) in [6.45, 7) is 0. The SMILES string of the molecule is COC(C1CC1)C(O)c1cc2cc(F)ccc2o1. The molecule has 0 radical (unpaired) electrons. The van der Waals surface area contributed by atoms with E-state index in [0.717, 1.165) is 12.8 Å². The van der Waals surface area contributed by atoms with Gasteiger partial charge in [0, 0.05) is 12.5 Å². The average Bonchev–Trinajstić information content (AvgIpc) is 3.08. The Morgan fingerprint density at radius 3 is 2.83 bits per heavy atom. The van der Waals surface area contributed by atoms with Crippen LogP contribution in [0, 0.1) is 11.7 Å². The van der Waals surface area contributed by atoms with E-state index in [1.165, 1.54) is 12.1 Å². The molecule has 2 aromatic rings. The Morgan fingerprint density at radius 2 is 2.17 bits per heavy atom. The van der Waals surface area contributed by atoms with Crippen LogP contribution in [-0.4, -0.2) is 18.3 Å². The van der Waals surface area contributed by atoms with Crippen molar-refractivity contribution in [2.75, 3.05) is 7.11 Å². The molecule has 1 fully saturated rings. The van der Waals surface area contributed by atoms with Gasteiger partial charge in [-0.1, -0.05) is 0 Å². The van der Waals surface area contributed by atoms with Crippen LogP contribution in [-0.2, 0) is 4.74 Å². The topological polar surface area (TPSA) is 42.6 Å². The van der Waals surface area contributed by atoms with Crippen molar-refractivity contribution in [1.29, 1.82) is 0 Å². The Balaban J connectivity index is 1.92. The molecule has 3 rings (SSSR count). The van der Waals surface area contributed by atoms with Crippen molar-refractivity contribution in [3.05, 3.63) is 35.8 Å². The second-order valence-electron chi connectivity index (χ2n) is 4.81. The van der Waals surface area contributed by atoms with E-state index in [4.69, 9.17) is 9.15 Å². The Kier molecular flexibility index (Phi) is 2.84. The van der Waals surface area contributed by atoms with Crippen LogP contribution < -0.4 is 0 Å². The van der Waals surface area contributed by atoms with Crippen LogP contribution in [0.2, 0.25) is 0 Å². The third-order valence-corrected chi connectivity index (χ3v) is 3.46. The van der Waals surface area contributed by atoms with Gasteiger partial charge in [0.25, 0.3) is 0 Å². The smallest absolute Gasteiger partial charge is 0.138 e. The average molecular weight is 250 g/mol. The number of ether oxygens (including phenoxy) is 1. The van der Waals surface area contributed by atoms with Crippen molar-refractivity contribution in [3.8, 4) is 0 Å². The third kappa shape index (κ3) is 2.02. The number of furan rings is 1. The predicted octanol–water partition coefficient (Wildman–Crippen LogP) is 3.03. The van der Waals surface area contributed by atoms with Crippen LogP contribution in [0.1, 0.15) is 24.7 Å². The zero-order valence-corrected chi connectivity index (χ0v) is 10.1. The third-order valence-electron chi connectivity index (χ3n) is 3.46. The summed E-state index contributed by atoms with van der Waals surface area (Å²) in [7, 11) is 1.59. The quantitative estimate of drug-likeness (QED) is 0.907. The zero-order chi connectivity index (χ0) is 12.7. The molecule has 4 heteroatoms. The summed E-state index contributed by atoms with van der Waals surface area (Å²) in [6.07, 6.45) is 1.11. The summed E-state index contributed by atoms with van der Waals surface area (Å²) in [5, 5.41) is 10.9. The molecule has 0 saturated heterocycles. The Labute approximate surface area is 104 Å². The van der Waals surface area contributed by atoms with Gasteiger partial charge in [0.1, 0.15) is 23.3 Å². The Morgan fingerprint density at radius 1 is 1.39 bits per heavy atom. The number of aliphatic hydroxyl groups is 1. The highest BCUT2D eigenvalue weighted by Crippen LogP contribution is 2.40. The number of hydrogen-bond acceptors (Lipinski definition) is 3. The fraction of sp³-hybridized carbons (Fsp3) is 0.429. The molecule has 0 amide bonds. The predicted molar refractivity (Wildman–Crippen MR) is 64.7 cm³/mol. The van der Waals surface area contributed by atoms with Crippen LogP contribution in [0.15, 0.2) is 28.7 Å². The maximum absolute atomic E-state index is 13.1. The van der Waals surface area contributed by atoms with Gasteiger partial charge in [0.15, 0.2) is 0 Å². The molecule has 0 bridgehead atoms. The minimum atomic E-state index is -0.794. The number of hydrogen-bond donors (Lipinski definition) is 1. The minimum Gasteiger partial charge on any atom is -0.458 e. The van der Waals surface area contributed by atoms with Gasteiger partial charge in [0.05, 0.1) is 6.10 Å². The van der Waals surface area contributed by atoms with Gasteiger partial charge >= 0.3 is 0 Å². The molecular formula is C14H15FO3. The molecule has 1 aromatic carbocycles. The summed E-state index contributed by atoms with van der Waals surface area (Å²) in [6, 6.07) is 5.99. The molecule has 0 aliphatic heterocycles. The van der Waals surface area contributed by atoms with Gasteiger partial charge in [-0.15, -0.1) is 0 Å². The van der Waals surface area contributed by atoms with Crippen LogP contribution in [0.25, 0.3) is 11.0 Å². The van der Waals surface area contributed by atoms with Gasteiger partial charge in [-0.25, -0.2) is 4.39 Å². The fourth-order valence-electron chi connectivity index (χ4n) is 2.35. The van der Waals surface area contributed by atoms with E-state index in [1.54, 1.807) is 19.2 Å². The van der Waals surface area contributed by atoms with Gasteiger partial charge < -0.3 is 14.3 Å². The highest BCUT2D eigenvalue weighted by Gasteiger charge is 2.38. The second kappa shape index (κ2) is 4.37. The van der Waals surface area contributed by atoms with Crippen LogP contribution in [0.4, 0.5) is 4.39 Å². The van der Waals surface area contributed by atoms with Crippen LogP contribution in [0.3, 0.4) is 0 Å². The molecule has 1 N–H and O–H groups in total.